The van der Waals surface area contributed by atoms with Crippen LogP contribution < -0.4 is 0 Å². The van der Waals surface area contributed by atoms with Gasteiger partial charge in [0.05, 0.1) is 11.1 Å². The number of fused-ring (bicyclic) bond motifs is 2. The SMILES string of the molecule is Cc1c(C(=O)ON2C(=O)c3ccccc3C2=O)sc2cccc(F)c12. The van der Waals surface area contributed by atoms with E-state index in [1.807, 2.05) is 0 Å². The molecule has 4 rings (SSSR count). The van der Waals surface area contributed by atoms with E-state index in [-0.39, 0.29) is 16.0 Å². The van der Waals surface area contributed by atoms with Crippen LogP contribution in [0.2, 0.25) is 0 Å². The van der Waals surface area contributed by atoms with Crippen LogP contribution in [0.15, 0.2) is 42.5 Å². The second kappa shape index (κ2) is 5.49. The fourth-order valence-electron chi connectivity index (χ4n) is 2.82. The predicted octanol–water partition coefficient (Wildman–Crippen LogP) is 3.72. The van der Waals surface area contributed by atoms with Gasteiger partial charge in [0.2, 0.25) is 0 Å². The van der Waals surface area contributed by atoms with E-state index < -0.39 is 23.6 Å². The fraction of sp³-hybridized carbons (Fsp3) is 0.0556. The summed E-state index contributed by atoms with van der Waals surface area (Å²) in [6.07, 6.45) is 0. The van der Waals surface area contributed by atoms with Crippen LogP contribution in [0.5, 0.6) is 0 Å². The molecule has 1 aromatic heterocycles. The quantitative estimate of drug-likeness (QED) is 0.657. The summed E-state index contributed by atoms with van der Waals surface area (Å²) in [6, 6.07) is 10.8. The van der Waals surface area contributed by atoms with Crippen LogP contribution in [0.25, 0.3) is 10.1 Å². The molecule has 0 spiro atoms. The Labute approximate surface area is 145 Å². The number of rotatable bonds is 2. The van der Waals surface area contributed by atoms with Gasteiger partial charge in [-0.2, -0.15) is 0 Å². The third-order valence-corrected chi connectivity index (χ3v) is 5.26. The number of halogens is 1. The summed E-state index contributed by atoms with van der Waals surface area (Å²) in [5.74, 6) is -2.70. The van der Waals surface area contributed by atoms with Crippen molar-refractivity contribution >= 4 is 39.2 Å². The molecule has 2 amide bonds. The molecule has 124 valence electrons. The summed E-state index contributed by atoms with van der Waals surface area (Å²) < 4.78 is 14.6. The van der Waals surface area contributed by atoms with Crippen LogP contribution in [0.3, 0.4) is 0 Å². The third kappa shape index (κ3) is 2.24. The van der Waals surface area contributed by atoms with Gasteiger partial charge < -0.3 is 4.84 Å². The number of hydrogen-bond acceptors (Lipinski definition) is 5. The van der Waals surface area contributed by atoms with Crippen LogP contribution >= 0.6 is 11.3 Å². The highest BCUT2D eigenvalue weighted by Gasteiger charge is 2.39. The first-order valence-electron chi connectivity index (χ1n) is 7.36. The first-order valence-corrected chi connectivity index (χ1v) is 8.18. The van der Waals surface area contributed by atoms with E-state index in [0.717, 1.165) is 11.3 Å². The highest BCUT2D eigenvalue weighted by Crippen LogP contribution is 2.33. The summed E-state index contributed by atoms with van der Waals surface area (Å²) in [6.45, 7) is 1.60. The van der Waals surface area contributed by atoms with Crippen LogP contribution in [-0.4, -0.2) is 22.8 Å². The number of imide groups is 1. The molecule has 0 fully saturated rings. The molecule has 25 heavy (non-hydrogen) atoms. The van der Waals surface area contributed by atoms with Crippen molar-refractivity contribution in [3.8, 4) is 0 Å². The van der Waals surface area contributed by atoms with E-state index in [1.165, 1.54) is 18.2 Å². The van der Waals surface area contributed by atoms with Crippen molar-refractivity contribution in [1.82, 2.24) is 5.06 Å². The zero-order chi connectivity index (χ0) is 17.7. The van der Waals surface area contributed by atoms with Gasteiger partial charge in [-0.1, -0.05) is 23.3 Å². The molecule has 1 aliphatic heterocycles. The molecule has 0 radical (unpaired) electrons. The van der Waals surface area contributed by atoms with Gasteiger partial charge >= 0.3 is 5.97 Å². The summed E-state index contributed by atoms with van der Waals surface area (Å²) in [5.41, 5.74) is 0.776. The smallest absolute Gasteiger partial charge is 0.323 e. The highest BCUT2D eigenvalue weighted by molar-refractivity contribution is 7.21. The standard InChI is InChI=1S/C18H10FNO4S/c1-9-14-12(19)7-4-8-13(14)25-15(9)18(23)24-20-16(21)10-5-2-3-6-11(10)17(20)22/h2-8H,1H3. The number of carbonyl (C=O) groups is 3. The van der Waals surface area contributed by atoms with Gasteiger partial charge in [0, 0.05) is 10.1 Å². The molecule has 0 atom stereocenters. The largest absolute Gasteiger partial charge is 0.374 e. The number of amides is 2. The third-order valence-electron chi connectivity index (χ3n) is 4.02. The fourth-order valence-corrected chi connectivity index (χ4v) is 3.92. The Morgan fingerprint density at radius 1 is 1.04 bits per heavy atom. The van der Waals surface area contributed by atoms with Gasteiger partial charge in [0.15, 0.2) is 0 Å². The van der Waals surface area contributed by atoms with E-state index in [0.29, 0.717) is 20.7 Å². The van der Waals surface area contributed by atoms with Crippen LogP contribution in [0.1, 0.15) is 36.0 Å². The van der Waals surface area contributed by atoms with E-state index in [9.17, 15) is 18.8 Å². The van der Waals surface area contributed by atoms with Crippen LogP contribution in [-0.2, 0) is 4.84 Å². The topological polar surface area (TPSA) is 63.7 Å². The first kappa shape index (κ1) is 15.5. The van der Waals surface area contributed by atoms with E-state index in [4.69, 9.17) is 4.84 Å². The van der Waals surface area contributed by atoms with Crippen LogP contribution in [0.4, 0.5) is 4.39 Å². The number of hydroxylamine groups is 2. The Balaban J connectivity index is 1.68. The molecule has 0 unspecified atom stereocenters. The normalized spacial score (nSPS) is 13.4. The first-order chi connectivity index (χ1) is 12.0. The molecule has 3 aromatic rings. The van der Waals surface area contributed by atoms with Gasteiger partial charge in [-0.25, -0.2) is 9.18 Å². The van der Waals surface area contributed by atoms with Gasteiger partial charge in [-0.3, -0.25) is 9.59 Å². The summed E-state index contributed by atoms with van der Waals surface area (Å²) >= 11 is 1.05. The van der Waals surface area contributed by atoms with Gasteiger partial charge in [-0.15, -0.1) is 11.3 Å². The summed E-state index contributed by atoms with van der Waals surface area (Å²) in [5, 5.41) is 0.787. The highest BCUT2D eigenvalue weighted by atomic mass is 32.1. The zero-order valence-electron chi connectivity index (χ0n) is 12.9. The van der Waals surface area contributed by atoms with Crippen molar-refractivity contribution in [2.45, 2.75) is 6.92 Å². The molecule has 2 heterocycles. The van der Waals surface area contributed by atoms with E-state index in [2.05, 4.69) is 0 Å². The predicted molar refractivity (Wildman–Crippen MR) is 88.9 cm³/mol. The van der Waals surface area contributed by atoms with Gasteiger partial charge in [0.1, 0.15) is 10.7 Å². The molecule has 0 saturated carbocycles. The number of hydrogen-bond donors (Lipinski definition) is 0. The minimum absolute atomic E-state index is 0.150. The maximum atomic E-state index is 14.0. The lowest BCUT2D eigenvalue weighted by Crippen LogP contribution is -2.32. The monoisotopic (exact) mass is 355 g/mol. The van der Waals surface area contributed by atoms with Gasteiger partial charge in [-0.05, 0) is 36.8 Å². The average molecular weight is 355 g/mol. The Morgan fingerprint density at radius 2 is 1.68 bits per heavy atom. The second-order valence-corrected chi connectivity index (χ2v) is 6.55. The lowest BCUT2D eigenvalue weighted by Gasteiger charge is -2.12. The molecule has 2 aromatic carbocycles. The second-order valence-electron chi connectivity index (χ2n) is 5.50. The minimum atomic E-state index is -0.868. The van der Waals surface area contributed by atoms with Crippen LogP contribution in [0, 0.1) is 12.7 Å². The molecular formula is C18H10FNO4S. The molecule has 0 N–H and O–H groups in total. The number of benzene rings is 2. The van der Waals surface area contributed by atoms with Gasteiger partial charge in [0.25, 0.3) is 11.8 Å². The molecule has 7 heteroatoms. The van der Waals surface area contributed by atoms with Crippen molar-refractivity contribution in [2.75, 3.05) is 0 Å². The Morgan fingerprint density at radius 3 is 2.28 bits per heavy atom. The molecule has 0 saturated heterocycles. The number of aryl methyl sites for hydroxylation is 1. The average Bonchev–Trinajstić information content (AvgIpc) is 3.07. The van der Waals surface area contributed by atoms with E-state index >= 15 is 0 Å². The molecule has 0 bridgehead atoms. The Hall–Kier alpha value is -3.06. The molecule has 5 nitrogen and oxygen atoms in total. The molecular weight excluding hydrogens is 345 g/mol. The lowest BCUT2D eigenvalue weighted by molar-refractivity contribution is -0.0581. The molecule has 0 aliphatic carbocycles. The van der Waals surface area contributed by atoms with Crippen molar-refractivity contribution in [2.24, 2.45) is 0 Å². The lowest BCUT2D eigenvalue weighted by atomic mass is 10.1. The minimum Gasteiger partial charge on any atom is -0.323 e. The van der Waals surface area contributed by atoms with Crippen molar-refractivity contribution in [1.29, 1.82) is 0 Å². The maximum absolute atomic E-state index is 14.0. The van der Waals surface area contributed by atoms with Crippen molar-refractivity contribution < 1.29 is 23.6 Å². The Kier molecular flexibility index (Phi) is 3.40. The number of thiophene rings is 1. The summed E-state index contributed by atoms with van der Waals surface area (Å²) in [7, 11) is 0. The molecule has 1 aliphatic rings. The van der Waals surface area contributed by atoms with Crippen molar-refractivity contribution in [3.05, 3.63) is 69.8 Å². The van der Waals surface area contributed by atoms with Crippen molar-refractivity contribution in [3.63, 3.8) is 0 Å². The number of nitrogens with zero attached hydrogens (tertiary/aromatic N) is 1. The van der Waals surface area contributed by atoms with E-state index in [1.54, 1.807) is 31.2 Å². The maximum Gasteiger partial charge on any atom is 0.374 e. The Bertz CT molecular complexity index is 1040. The summed E-state index contributed by atoms with van der Waals surface area (Å²) in [4.78, 5) is 42.2. The number of carbonyl (C=O) groups excluding carboxylic acids is 3. The zero-order valence-corrected chi connectivity index (χ0v) is 13.7.